The smallest absolute Gasteiger partial charge is 0.272 e. The fraction of sp³-hybridized carbons (Fsp3) is 0.444. The van der Waals surface area contributed by atoms with Gasteiger partial charge in [0, 0.05) is 18.0 Å². The van der Waals surface area contributed by atoms with Gasteiger partial charge >= 0.3 is 0 Å². The number of benzene rings is 1. The Morgan fingerprint density at radius 3 is 2.83 bits per heavy atom. The molecule has 6 nitrogen and oxygen atoms in total. The van der Waals surface area contributed by atoms with Gasteiger partial charge < -0.3 is 14.8 Å². The van der Waals surface area contributed by atoms with Crippen LogP contribution in [-0.4, -0.2) is 29.3 Å². The van der Waals surface area contributed by atoms with Crippen molar-refractivity contribution < 1.29 is 14.3 Å². The molecule has 1 amide bonds. The Balaban J connectivity index is 1.45. The number of aromatic amines is 1. The third kappa shape index (κ3) is 3.09. The summed E-state index contributed by atoms with van der Waals surface area (Å²) in [5.74, 6) is 1.88. The molecular formula is C18H21N3O3. The number of nitrogens with zero attached hydrogens (tertiary/aromatic N) is 1. The summed E-state index contributed by atoms with van der Waals surface area (Å²) in [6.45, 7) is 3.27. The molecule has 4 rings (SSSR count). The van der Waals surface area contributed by atoms with Crippen LogP contribution in [0.25, 0.3) is 0 Å². The lowest BCUT2D eigenvalue weighted by Gasteiger charge is -2.16. The average Bonchev–Trinajstić information content (AvgIpc) is 3.36. The van der Waals surface area contributed by atoms with E-state index in [9.17, 15) is 4.79 Å². The molecule has 24 heavy (non-hydrogen) atoms. The van der Waals surface area contributed by atoms with E-state index < -0.39 is 0 Å². The molecule has 1 aromatic heterocycles. The molecule has 2 aromatic rings. The van der Waals surface area contributed by atoms with Gasteiger partial charge in [-0.05, 0) is 43.5 Å². The number of carbonyl (C=O) groups excluding carboxylic acids is 1. The van der Waals surface area contributed by atoms with Gasteiger partial charge in [-0.2, -0.15) is 5.10 Å². The van der Waals surface area contributed by atoms with Gasteiger partial charge in [-0.1, -0.05) is 6.07 Å². The molecule has 1 aliphatic carbocycles. The van der Waals surface area contributed by atoms with Gasteiger partial charge in [0.2, 0.25) is 0 Å². The predicted molar refractivity (Wildman–Crippen MR) is 88.5 cm³/mol. The maximum atomic E-state index is 12.4. The van der Waals surface area contributed by atoms with Crippen LogP contribution < -0.4 is 14.8 Å². The molecule has 1 aliphatic heterocycles. The number of carbonyl (C=O) groups is 1. The highest BCUT2D eigenvalue weighted by Crippen LogP contribution is 2.39. The molecule has 6 heteroatoms. The lowest BCUT2D eigenvalue weighted by molar-refractivity contribution is 0.0934. The Morgan fingerprint density at radius 1 is 1.25 bits per heavy atom. The quantitative estimate of drug-likeness (QED) is 0.905. The Morgan fingerprint density at radius 2 is 2.04 bits per heavy atom. The lowest BCUT2D eigenvalue weighted by atomic mass is 10.1. The normalized spacial score (nSPS) is 17.9. The van der Waals surface area contributed by atoms with E-state index in [-0.39, 0.29) is 11.9 Å². The van der Waals surface area contributed by atoms with Gasteiger partial charge in [0.05, 0.1) is 19.3 Å². The van der Waals surface area contributed by atoms with Crippen molar-refractivity contribution in [2.45, 2.75) is 38.1 Å². The maximum Gasteiger partial charge on any atom is 0.272 e. The molecule has 2 N–H and O–H groups in total. The first kappa shape index (κ1) is 15.1. The first-order valence-corrected chi connectivity index (χ1v) is 8.46. The molecule has 1 fully saturated rings. The van der Waals surface area contributed by atoms with E-state index in [1.165, 1.54) is 12.8 Å². The van der Waals surface area contributed by atoms with Crippen LogP contribution in [0.4, 0.5) is 0 Å². The first-order chi connectivity index (χ1) is 11.7. The second-order valence-corrected chi connectivity index (χ2v) is 6.43. The highest BCUT2D eigenvalue weighted by atomic mass is 16.5. The summed E-state index contributed by atoms with van der Waals surface area (Å²) in [5, 5.41) is 10.1. The number of nitrogens with one attached hydrogen (secondary N) is 2. The Hall–Kier alpha value is -2.50. The summed E-state index contributed by atoms with van der Waals surface area (Å²) in [6, 6.07) is 7.51. The largest absolute Gasteiger partial charge is 0.490 e. The molecule has 0 radical (unpaired) electrons. The number of amides is 1. The van der Waals surface area contributed by atoms with E-state index in [0.717, 1.165) is 29.2 Å². The molecule has 2 heterocycles. The SMILES string of the molecule is C[C@@H](NC(=O)c1cc(C2CC2)[nH]n1)c1ccc2c(c1)OCCCO2. The Kier molecular flexibility index (Phi) is 3.88. The molecule has 0 unspecified atom stereocenters. The van der Waals surface area contributed by atoms with E-state index in [2.05, 4.69) is 15.5 Å². The van der Waals surface area contributed by atoms with Crippen molar-refractivity contribution in [1.29, 1.82) is 0 Å². The van der Waals surface area contributed by atoms with E-state index in [4.69, 9.17) is 9.47 Å². The van der Waals surface area contributed by atoms with Crippen LogP contribution >= 0.6 is 0 Å². The number of aromatic nitrogens is 2. The summed E-state index contributed by atoms with van der Waals surface area (Å²) in [4.78, 5) is 12.4. The van der Waals surface area contributed by atoms with Crippen molar-refractivity contribution in [2.75, 3.05) is 13.2 Å². The van der Waals surface area contributed by atoms with Crippen molar-refractivity contribution in [3.05, 3.63) is 41.2 Å². The minimum Gasteiger partial charge on any atom is -0.490 e. The van der Waals surface area contributed by atoms with Gasteiger partial charge in [-0.15, -0.1) is 0 Å². The summed E-state index contributed by atoms with van der Waals surface area (Å²) in [5.41, 5.74) is 2.48. The van der Waals surface area contributed by atoms with Crippen molar-refractivity contribution in [2.24, 2.45) is 0 Å². The Labute approximate surface area is 140 Å². The molecule has 126 valence electrons. The molecular weight excluding hydrogens is 306 g/mol. The zero-order chi connectivity index (χ0) is 16.5. The highest BCUT2D eigenvalue weighted by Gasteiger charge is 2.26. The third-order valence-corrected chi connectivity index (χ3v) is 4.47. The monoisotopic (exact) mass is 327 g/mol. The van der Waals surface area contributed by atoms with Crippen LogP contribution in [0, 0.1) is 0 Å². The highest BCUT2D eigenvalue weighted by molar-refractivity contribution is 5.92. The van der Waals surface area contributed by atoms with Crippen molar-refractivity contribution in [3.63, 3.8) is 0 Å². The van der Waals surface area contributed by atoms with Gasteiger partial charge in [0.15, 0.2) is 11.5 Å². The number of H-pyrrole nitrogens is 1. The first-order valence-electron chi connectivity index (χ1n) is 8.46. The van der Waals surface area contributed by atoms with Crippen LogP contribution in [0.15, 0.2) is 24.3 Å². The minimum absolute atomic E-state index is 0.143. The number of hydrogen-bond donors (Lipinski definition) is 2. The zero-order valence-corrected chi connectivity index (χ0v) is 13.7. The second kappa shape index (κ2) is 6.19. The third-order valence-electron chi connectivity index (χ3n) is 4.47. The van der Waals surface area contributed by atoms with E-state index >= 15 is 0 Å². The Bertz CT molecular complexity index is 752. The molecule has 0 bridgehead atoms. The standard InChI is InChI=1S/C18H21N3O3/c1-11(13-5-6-16-17(9-13)24-8-2-7-23-16)19-18(22)15-10-14(20-21-15)12-3-4-12/h5-6,9-12H,2-4,7-8H2,1H3,(H,19,22)(H,20,21)/t11-/m1/s1. The predicted octanol–water partition coefficient (Wildman–Crippen LogP) is 2.94. The van der Waals surface area contributed by atoms with Crippen LogP contribution in [0.5, 0.6) is 11.5 Å². The zero-order valence-electron chi connectivity index (χ0n) is 13.7. The van der Waals surface area contributed by atoms with Crippen molar-refractivity contribution in [1.82, 2.24) is 15.5 Å². The summed E-state index contributed by atoms with van der Waals surface area (Å²) in [7, 11) is 0. The van der Waals surface area contributed by atoms with Crippen LogP contribution in [-0.2, 0) is 0 Å². The second-order valence-electron chi connectivity index (χ2n) is 6.43. The maximum absolute atomic E-state index is 12.4. The molecule has 0 spiro atoms. The number of fused-ring (bicyclic) bond motifs is 1. The summed E-state index contributed by atoms with van der Waals surface area (Å²) < 4.78 is 11.3. The van der Waals surface area contributed by atoms with Crippen LogP contribution in [0.2, 0.25) is 0 Å². The van der Waals surface area contributed by atoms with Gasteiger partial charge in [-0.3, -0.25) is 9.89 Å². The van der Waals surface area contributed by atoms with Crippen molar-refractivity contribution in [3.8, 4) is 11.5 Å². The van der Waals surface area contributed by atoms with Crippen LogP contribution in [0.3, 0.4) is 0 Å². The fourth-order valence-corrected chi connectivity index (χ4v) is 2.86. The van der Waals surface area contributed by atoms with E-state index in [0.29, 0.717) is 24.8 Å². The summed E-state index contributed by atoms with van der Waals surface area (Å²) >= 11 is 0. The average molecular weight is 327 g/mol. The molecule has 1 aromatic carbocycles. The van der Waals surface area contributed by atoms with E-state index in [1.54, 1.807) is 0 Å². The number of ether oxygens (including phenoxy) is 2. The molecule has 1 atom stereocenters. The number of rotatable bonds is 4. The lowest BCUT2D eigenvalue weighted by Crippen LogP contribution is -2.27. The number of hydrogen-bond acceptors (Lipinski definition) is 4. The van der Waals surface area contributed by atoms with Crippen LogP contribution in [0.1, 0.15) is 59.9 Å². The fourth-order valence-electron chi connectivity index (χ4n) is 2.86. The molecule has 0 saturated heterocycles. The topological polar surface area (TPSA) is 76.2 Å². The van der Waals surface area contributed by atoms with Gasteiger partial charge in [0.1, 0.15) is 5.69 Å². The van der Waals surface area contributed by atoms with Gasteiger partial charge in [-0.25, -0.2) is 0 Å². The van der Waals surface area contributed by atoms with Crippen molar-refractivity contribution >= 4 is 5.91 Å². The molecule has 2 aliphatic rings. The summed E-state index contributed by atoms with van der Waals surface area (Å²) in [6.07, 6.45) is 3.23. The molecule has 1 saturated carbocycles. The van der Waals surface area contributed by atoms with Gasteiger partial charge in [0.25, 0.3) is 5.91 Å². The minimum atomic E-state index is -0.169. The van der Waals surface area contributed by atoms with E-state index in [1.807, 2.05) is 31.2 Å².